The van der Waals surface area contributed by atoms with Crippen LogP contribution < -0.4 is 5.32 Å². The molecule has 0 fully saturated rings. The van der Waals surface area contributed by atoms with Crippen molar-refractivity contribution in [1.82, 2.24) is 4.98 Å². The molecule has 0 saturated carbocycles. The van der Waals surface area contributed by atoms with E-state index in [4.69, 9.17) is 0 Å². The molecule has 0 bridgehead atoms. The predicted octanol–water partition coefficient (Wildman–Crippen LogP) is 4.02. The summed E-state index contributed by atoms with van der Waals surface area (Å²) in [5.41, 5.74) is 1.32. The molecular formula is C12H16N2S2. The van der Waals surface area contributed by atoms with Crippen molar-refractivity contribution in [1.29, 1.82) is 0 Å². The number of hydrogen-bond acceptors (Lipinski definition) is 4. The van der Waals surface area contributed by atoms with Crippen LogP contribution in [0, 0.1) is 5.92 Å². The Kier molecular flexibility index (Phi) is 3.96. The van der Waals surface area contributed by atoms with E-state index in [-0.39, 0.29) is 0 Å². The molecule has 0 aliphatic heterocycles. The second-order valence-electron chi connectivity index (χ2n) is 4.21. The largest absolute Gasteiger partial charge is 0.357 e. The quantitative estimate of drug-likeness (QED) is 0.869. The summed E-state index contributed by atoms with van der Waals surface area (Å²) >= 11 is 3.50. The van der Waals surface area contributed by atoms with E-state index >= 15 is 0 Å². The zero-order valence-corrected chi connectivity index (χ0v) is 11.2. The van der Waals surface area contributed by atoms with E-state index in [0.29, 0.717) is 5.92 Å². The van der Waals surface area contributed by atoms with Gasteiger partial charge in [0.05, 0.1) is 0 Å². The molecule has 1 N–H and O–H groups in total. The van der Waals surface area contributed by atoms with Crippen molar-refractivity contribution in [3.63, 3.8) is 0 Å². The monoisotopic (exact) mass is 252 g/mol. The van der Waals surface area contributed by atoms with Gasteiger partial charge in [-0.1, -0.05) is 13.8 Å². The second-order valence-corrected chi connectivity index (χ2v) is 6.11. The normalized spacial score (nSPS) is 10.9. The van der Waals surface area contributed by atoms with Crippen molar-refractivity contribution in [2.24, 2.45) is 5.92 Å². The number of hydrogen-bond donors (Lipinski definition) is 1. The van der Waals surface area contributed by atoms with Crippen LogP contribution in [0.15, 0.2) is 23.0 Å². The van der Waals surface area contributed by atoms with E-state index in [9.17, 15) is 0 Å². The summed E-state index contributed by atoms with van der Waals surface area (Å²) in [5.74, 6) is 0.699. The first kappa shape index (κ1) is 11.6. The van der Waals surface area contributed by atoms with Crippen LogP contribution in [0.4, 0.5) is 5.13 Å². The number of rotatable bonds is 5. The lowest BCUT2D eigenvalue weighted by Gasteiger charge is -2.00. The van der Waals surface area contributed by atoms with Gasteiger partial charge in [0.25, 0.3) is 0 Å². The highest BCUT2D eigenvalue weighted by Gasteiger charge is 2.03. The Labute approximate surface area is 104 Å². The molecule has 0 radical (unpaired) electrons. The average Bonchev–Trinajstić information content (AvgIpc) is 2.84. The van der Waals surface area contributed by atoms with Crippen molar-refractivity contribution < 1.29 is 0 Å². The summed E-state index contributed by atoms with van der Waals surface area (Å²) in [7, 11) is 0. The highest BCUT2D eigenvalue weighted by Crippen LogP contribution is 2.21. The van der Waals surface area contributed by atoms with E-state index < -0.39 is 0 Å². The summed E-state index contributed by atoms with van der Waals surface area (Å²) < 4.78 is 0. The summed E-state index contributed by atoms with van der Waals surface area (Å²) in [4.78, 5) is 5.74. The maximum Gasteiger partial charge on any atom is 0.183 e. The first-order valence-electron chi connectivity index (χ1n) is 5.43. The van der Waals surface area contributed by atoms with Crippen LogP contribution in [0.5, 0.6) is 0 Å². The van der Waals surface area contributed by atoms with Gasteiger partial charge in [-0.3, -0.25) is 0 Å². The molecule has 16 heavy (non-hydrogen) atoms. The van der Waals surface area contributed by atoms with Gasteiger partial charge in [0.2, 0.25) is 0 Å². The highest BCUT2D eigenvalue weighted by molar-refractivity contribution is 7.15. The first-order valence-corrected chi connectivity index (χ1v) is 7.19. The minimum atomic E-state index is 0.699. The molecule has 86 valence electrons. The standard InChI is InChI=1S/C12H16N2S2/c1-9(2)5-11-7-14-12(16-11)13-6-10-3-4-15-8-10/h3-4,7-9H,5-6H2,1-2H3,(H,13,14). The molecule has 0 spiro atoms. The van der Waals surface area contributed by atoms with Gasteiger partial charge >= 0.3 is 0 Å². The maximum atomic E-state index is 4.38. The van der Waals surface area contributed by atoms with Crippen LogP contribution in [0.1, 0.15) is 24.3 Å². The van der Waals surface area contributed by atoms with Gasteiger partial charge in [-0.2, -0.15) is 11.3 Å². The van der Waals surface area contributed by atoms with Crippen molar-refractivity contribution in [2.75, 3.05) is 5.32 Å². The molecule has 2 rings (SSSR count). The van der Waals surface area contributed by atoms with Crippen molar-refractivity contribution in [2.45, 2.75) is 26.8 Å². The topological polar surface area (TPSA) is 24.9 Å². The average molecular weight is 252 g/mol. The van der Waals surface area contributed by atoms with Gasteiger partial charge in [0, 0.05) is 17.6 Å². The Morgan fingerprint density at radius 2 is 2.31 bits per heavy atom. The zero-order valence-electron chi connectivity index (χ0n) is 9.56. The van der Waals surface area contributed by atoms with Crippen LogP contribution in [0.3, 0.4) is 0 Å². The van der Waals surface area contributed by atoms with Crippen LogP contribution in [0.2, 0.25) is 0 Å². The van der Waals surface area contributed by atoms with Crippen LogP contribution in [0.25, 0.3) is 0 Å². The van der Waals surface area contributed by atoms with Crippen LogP contribution in [-0.4, -0.2) is 4.98 Å². The van der Waals surface area contributed by atoms with E-state index in [1.807, 2.05) is 6.20 Å². The number of thiophene rings is 1. The predicted molar refractivity (Wildman–Crippen MR) is 72.3 cm³/mol. The molecule has 0 aliphatic carbocycles. The Bertz CT molecular complexity index is 418. The Morgan fingerprint density at radius 1 is 1.44 bits per heavy atom. The van der Waals surface area contributed by atoms with Gasteiger partial charge in [0.1, 0.15) is 0 Å². The summed E-state index contributed by atoms with van der Waals surface area (Å²) in [6, 6.07) is 2.14. The van der Waals surface area contributed by atoms with E-state index in [1.54, 1.807) is 22.7 Å². The smallest absolute Gasteiger partial charge is 0.183 e. The minimum absolute atomic E-state index is 0.699. The highest BCUT2D eigenvalue weighted by atomic mass is 32.1. The van der Waals surface area contributed by atoms with Crippen molar-refractivity contribution in [3.05, 3.63) is 33.5 Å². The molecule has 2 nitrogen and oxygen atoms in total. The third kappa shape index (κ3) is 3.32. The zero-order chi connectivity index (χ0) is 11.4. The molecule has 0 amide bonds. The molecule has 4 heteroatoms. The fraction of sp³-hybridized carbons (Fsp3) is 0.417. The lowest BCUT2D eigenvalue weighted by Crippen LogP contribution is -1.96. The van der Waals surface area contributed by atoms with Gasteiger partial charge in [-0.05, 0) is 34.7 Å². The number of thiazole rings is 1. The van der Waals surface area contributed by atoms with Gasteiger partial charge in [-0.15, -0.1) is 11.3 Å². The fourth-order valence-electron chi connectivity index (χ4n) is 1.46. The Balaban J connectivity index is 1.88. The molecule has 0 saturated heterocycles. The maximum absolute atomic E-state index is 4.38. The lowest BCUT2D eigenvalue weighted by molar-refractivity contribution is 0.653. The van der Waals surface area contributed by atoms with Crippen molar-refractivity contribution in [3.8, 4) is 0 Å². The molecule has 0 aromatic carbocycles. The van der Waals surface area contributed by atoms with Gasteiger partial charge in [0.15, 0.2) is 5.13 Å². The second kappa shape index (κ2) is 5.46. The van der Waals surface area contributed by atoms with E-state index in [2.05, 4.69) is 41.0 Å². The SMILES string of the molecule is CC(C)Cc1cnc(NCc2ccsc2)s1. The minimum Gasteiger partial charge on any atom is -0.357 e. The molecule has 0 aliphatic rings. The molecule has 0 unspecified atom stereocenters. The number of nitrogens with zero attached hydrogens (tertiary/aromatic N) is 1. The molecule has 0 atom stereocenters. The first-order chi connectivity index (χ1) is 7.74. The molecule has 2 heterocycles. The third-order valence-corrected chi connectivity index (χ3v) is 3.90. The van der Waals surface area contributed by atoms with E-state index in [1.165, 1.54) is 10.4 Å². The van der Waals surface area contributed by atoms with Gasteiger partial charge < -0.3 is 5.32 Å². The fourth-order valence-corrected chi connectivity index (χ4v) is 3.15. The number of nitrogens with one attached hydrogen (secondary N) is 1. The number of anilines is 1. The lowest BCUT2D eigenvalue weighted by atomic mass is 10.1. The third-order valence-electron chi connectivity index (χ3n) is 2.19. The summed E-state index contributed by atoms with van der Waals surface area (Å²) in [6.07, 6.45) is 3.11. The van der Waals surface area contributed by atoms with E-state index in [0.717, 1.165) is 18.1 Å². The van der Waals surface area contributed by atoms with Crippen LogP contribution >= 0.6 is 22.7 Å². The molecular weight excluding hydrogens is 236 g/mol. The van der Waals surface area contributed by atoms with Crippen LogP contribution in [-0.2, 0) is 13.0 Å². The Morgan fingerprint density at radius 3 is 3.00 bits per heavy atom. The summed E-state index contributed by atoms with van der Waals surface area (Å²) in [6.45, 7) is 5.34. The Hall–Kier alpha value is -0.870. The summed E-state index contributed by atoms with van der Waals surface area (Å²) in [5, 5.41) is 8.65. The number of aromatic nitrogens is 1. The van der Waals surface area contributed by atoms with Crippen molar-refractivity contribution >= 4 is 27.8 Å². The molecule has 2 aromatic rings. The van der Waals surface area contributed by atoms with Gasteiger partial charge in [-0.25, -0.2) is 4.98 Å². The molecule has 2 aromatic heterocycles.